The van der Waals surface area contributed by atoms with E-state index in [-0.39, 0.29) is 12.0 Å². The number of carbonyl (C=O) groups is 1. The SMILES string of the molecule is Cc1csc(C(=O)Nc2cnn(CC3CCCCO3)c2)c1. The molecule has 3 rings (SSSR count). The molecule has 0 radical (unpaired) electrons. The van der Waals surface area contributed by atoms with E-state index in [1.165, 1.54) is 17.8 Å². The van der Waals surface area contributed by atoms with Gasteiger partial charge < -0.3 is 10.1 Å². The van der Waals surface area contributed by atoms with Gasteiger partial charge in [0.15, 0.2) is 0 Å². The molecule has 0 aromatic carbocycles. The van der Waals surface area contributed by atoms with Crippen LogP contribution >= 0.6 is 11.3 Å². The van der Waals surface area contributed by atoms with E-state index < -0.39 is 0 Å². The van der Waals surface area contributed by atoms with Crippen molar-refractivity contribution in [2.24, 2.45) is 0 Å². The number of hydrogen-bond acceptors (Lipinski definition) is 4. The van der Waals surface area contributed by atoms with Crippen molar-refractivity contribution in [3.05, 3.63) is 34.3 Å². The Kier molecular flexibility index (Phi) is 4.36. The average Bonchev–Trinajstić information content (AvgIpc) is 3.09. The van der Waals surface area contributed by atoms with E-state index in [9.17, 15) is 4.79 Å². The summed E-state index contributed by atoms with van der Waals surface area (Å²) in [4.78, 5) is 12.8. The van der Waals surface area contributed by atoms with Crippen LogP contribution in [-0.4, -0.2) is 28.4 Å². The Morgan fingerprint density at radius 1 is 1.57 bits per heavy atom. The van der Waals surface area contributed by atoms with Crippen LogP contribution in [0.5, 0.6) is 0 Å². The molecule has 0 bridgehead atoms. The first kappa shape index (κ1) is 14.3. The molecular formula is C15H19N3O2S. The molecule has 1 aliphatic rings. The molecule has 6 heteroatoms. The summed E-state index contributed by atoms with van der Waals surface area (Å²) in [7, 11) is 0. The first-order chi connectivity index (χ1) is 10.2. The van der Waals surface area contributed by atoms with Gasteiger partial charge in [0, 0.05) is 12.8 Å². The third kappa shape index (κ3) is 3.71. The fraction of sp³-hybridized carbons (Fsp3) is 0.467. The number of carbonyl (C=O) groups excluding carboxylic acids is 1. The van der Waals surface area contributed by atoms with Crippen molar-refractivity contribution < 1.29 is 9.53 Å². The molecule has 21 heavy (non-hydrogen) atoms. The lowest BCUT2D eigenvalue weighted by Gasteiger charge is -2.22. The summed E-state index contributed by atoms with van der Waals surface area (Å²) in [5, 5.41) is 9.14. The molecular weight excluding hydrogens is 286 g/mol. The minimum absolute atomic E-state index is 0.0819. The lowest BCUT2D eigenvalue weighted by molar-refractivity contribution is 0.00401. The van der Waals surface area contributed by atoms with Crippen molar-refractivity contribution in [3.8, 4) is 0 Å². The van der Waals surface area contributed by atoms with Gasteiger partial charge in [-0.15, -0.1) is 11.3 Å². The highest BCUT2D eigenvalue weighted by molar-refractivity contribution is 7.12. The monoisotopic (exact) mass is 305 g/mol. The third-order valence-corrected chi connectivity index (χ3v) is 4.56. The first-order valence-electron chi connectivity index (χ1n) is 7.21. The van der Waals surface area contributed by atoms with E-state index in [0.29, 0.717) is 0 Å². The number of aryl methyl sites for hydroxylation is 1. The number of anilines is 1. The standard InChI is InChI=1S/C15H19N3O2S/c1-11-6-14(21-10-11)15(19)17-12-7-16-18(8-12)9-13-4-2-3-5-20-13/h6-8,10,13H,2-5,9H2,1H3,(H,17,19). The summed E-state index contributed by atoms with van der Waals surface area (Å²) in [6, 6.07) is 1.89. The topological polar surface area (TPSA) is 56.2 Å². The summed E-state index contributed by atoms with van der Waals surface area (Å²) in [6.07, 6.45) is 7.22. The predicted octanol–water partition coefficient (Wildman–Crippen LogP) is 3.07. The molecule has 1 unspecified atom stereocenters. The normalized spacial score (nSPS) is 18.6. The van der Waals surface area contributed by atoms with Gasteiger partial charge in [0.1, 0.15) is 0 Å². The van der Waals surface area contributed by atoms with E-state index in [2.05, 4.69) is 10.4 Å². The van der Waals surface area contributed by atoms with E-state index in [1.807, 2.05) is 29.2 Å². The summed E-state index contributed by atoms with van der Waals surface area (Å²) in [5.41, 5.74) is 1.83. The number of amides is 1. The lowest BCUT2D eigenvalue weighted by Crippen LogP contribution is -2.24. The van der Waals surface area contributed by atoms with Crippen LogP contribution in [0.25, 0.3) is 0 Å². The van der Waals surface area contributed by atoms with E-state index in [1.54, 1.807) is 6.20 Å². The first-order valence-corrected chi connectivity index (χ1v) is 8.09. The zero-order valence-corrected chi connectivity index (χ0v) is 12.9. The molecule has 112 valence electrons. The average molecular weight is 305 g/mol. The molecule has 0 spiro atoms. The van der Waals surface area contributed by atoms with Gasteiger partial charge in [-0.3, -0.25) is 9.48 Å². The van der Waals surface area contributed by atoms with Crippen molar-refractivity contribution in [2.75, 3.05) is 11.9 Å². The second-order valence-electron chi connectivity index (χ2n) is 5.38. The number of hydrogen-bond donors (Lipinski definition) is 1. The van der Waals surface area contributed by atoms with Gasteiger partial charge in [-0.25, -0.2) is 0 Å². The Morgan fingerprint density at radius 3 is 3.19 bits per heavy atom. The number of aromatic nitrogens is 2. The molecule has 2 aromatic rings. The fourth-order valence-electron chi connectivity index (χ4n) is 2.43. The van der Waals surface area contributed by atoms with Crippen molar-refractivity contribution in [1.82, 2.24) is 9.78 Å². The van der Waals surface area contributed by atoms with Gasteiger partial charge >= 0.3 is 0 Å². The van der Waals surface area contributed by atoms with Crippen LogP contribution < -0.4 is 5.32 Å². The fourth-order valence-corrected chi connectivity index (χ4v) is 3.22. The maximum Gasteiger partial charge on any atom is 0.265 e. The maximum absolute atomic E-state index is 12.1. The number of thiophene rings is 1. The van der Waals surface area contributed by atoms with Gasteiger partial charge in [-0.1, -0.05) is 0 Å². The van der Waals surface area contributed by atoms with Crippen LogP contribution in [0, 0.1) is 6.92 Å². The number of rotatable bonds is 4. The second kappa shape index (κ2) is 6.41. The Morgan fingerprint density at radius 2 is 2.48 bits per heavy atom. The molecule has 1 atom stereocenters. The Balaban J connectivity index is 1.58. The van der Waals surface area contributed by atoms with E-state index in [0.717, 1.165) is 42.1 Å². The quantitative estimate of drug-likeness (QED) is 0.944. The van der Waals surface area contributed by atoms with E-state index in [4.69, 9.17) is 4.74 Å². The minimum Gasteiger partial charge on any atom is -0.376 e. The number of nitrogens with zero attached hydrogens (tertiary/aromatic N) is 2. The largest absolute Gasteiger partial charge is 0.376 e. The van der Waals surface area contributed by atoms with E-state index >= 15 is 0 Å². The summed E-state index contributed by atoms with van der Waals surface area (Å²) in [5.74, 6) is -0.0819. The number of nitrogens with one attached hydrogen (secondary N) is 1. The summed E-state index contributed by atoms with van der Waals surface area (Å²) >= 11 is 1.45. The molecule has 2 aromatic heterocycles. The van der Waals surface area contributed by atoms with Crippen LogP contribution in [0.3, 0.4) is 0 Å². The van der Waals surface area contributed by atoms with Crippen LogP contribution in [0.15, 0.2) is 23.8 Å². The lowest BCUT2D eigenvalue weighted by atomic mass is 10.1. The highest BCUT2D eigenvalue weighted by Crippen LogP contribution is 2.17. The summed E-state index contributed by atoms with van der Waals surface area (Å²) < 4.78 is 7.54. The van der Waals surface area contributed by atoms with Gasteiger partial charge in [0.25, 0.3) is 5.91 Å². The predicted molar refractivity (Wildman–Crippen MR) is 82.8 cm³/mol. The second-order valence-corrected chi connectivity index (χ2v) is 6.29. The minimum atomic E-state index is -0.0819. The van der Waals surface area contributed by atoms with Crippen LogP contribution in [0.4, 0.5) is 5.69 Å². The molecule has 5 nitrogen and oxygen atoms in total. The van der Waals surface area contributed by atoms with Gasteiger partial charge in [-0.2, -0.15) is 5.10 Å². The van der Waals surface area contributed by atoms with Crippen molar-refractivity contribution in [2.45, 2.75) is 38.8 Å². The van der Waals surface area contributed by atoms with Gasteiger partial charge in [0.2, 0.25) is 0 Å². The maximum atomic E-state index is 12.1. The molecule has 1 saturated heterocycles. The van der Waals surface area contributed by atoms with Crippen molar-refractivity contribution in [3.63, 3.8) is 0 Å². The Bertz CT molecular complexity index is 614. The van der Waals surface area contributed by atoms with Crippen LogP contribution in [0.1, 0.15) is 34.5 Å². The highest BCUT2D eigenvalue weighted by atomic mass is 32.1. The molecule has 0 saturated carbocycles. The van der Waals surface area contributed by atoms with Crippen LogP contribution in [-0.2, 0) is 11.3 Å². The number of ether oxygens (including phenoxy) is 1. The van der Waals surface area contributed by atoms with Crippen molar-refractivity contribution in [1.29, 1.82) is 0 Å². The molecule has 1 fully saturated rings. The third-order valence-electron chi connectivity index (χ3n) is 3.51. The molecule has 1 amide bonds. The Labute approximate surface area is 127 Å². The van der Waals surface area contributed by atoms with Crippen molar-refractivity contribution >= 4 is 22.9 Å². The molecule has 1 N–H and O–H groups in total. The zero-order chi connectivity index (χ0) is 14.7. The van der Waals surface area contributed by atoms with Gasteiger partial charge in [0.05, 0.1) is 29.4 Å². The molecule has 0 aliphatic carbocycles. The molecule has 1 aliphatic heterocycles. The smallest absolute Gasteiger partial charge is 0.265 e. The van der Waals surface area contributed by atoms with Gasteiger partial charge in [-0.05, 0) is 43.2 Å². The molecule has 3 heterocycles. The zero-order valence-electron chi connectivity index (χ0n) is 12.0. The Hall–Kier alpha value is -1.66. The summed E-state index contributed by atoms with van der Waals surface area (Å²) in [6.45, 7) is 3.57. The highest BCUT2D eigenvalue weighted by Gasteiger charge is 2.15. The van der Waals surface area contributed by atoms with Crippen LogP contribution in [0.2, 0.25) is 0 Å².